The molecule has 1 aliphatic heterocycles. The van der Waals surface area contributed by atoms with Crippen molar-refractivity contribution in [3.8, 4) is 11.8 Å². The van der Waals surface area contributed by atoms with Gasteiger partial charge in [0.15, 0.2) is 5.82 Å². The number of nitrogens with two attached hydrogens (primary N) is 1. The average molecular weight is 361 g/mol. The molecule has 0 amide bonds. The highest BCUT2D eigenvalue weighted by Gasteiger charge is 2.22. The maximum Gasteiger partial charge on any atom is 0.159 e. The van der Waals surface area contributed by atoms with Crippen molar-refractivity contribution in [3.63, 3.8) is 0 Å². The second kappa shape index (κ2) is 6.35. The van der Waals surface area contributed by atoms with Crippen LogP contribution in [0.1, 0.15) is 38.7 Å². The van der Waals surface area contributed by atoms with E-state index in [1.54, 1.807) is 19.9 Å². The van der Waals surface area contributed by atoms with Crippen LogP contribution in [0.5, 0.6) is 0 Å². The van der Waals surface area contributed by atoms with E-state index in [2.05, 4.69) is 32.1 Å². The molecule has 0 fully saturated rings. The van der Waals surface area contributed by atoms with Crippen LogP contribution in [0.2, 0.25) is 5.15 Å². The van der Waals surface area contributed by atoms with Crippen molar-refractivity contribution in [2.45, 2.75) is 39.3 Å². The molecule has 0 aromatic carbocycles. The van der Waals surface area contributed by atoms with E-state index in [1.807, 2.05) is 11.5 Å². The van der Waals surface area contributed by atoms with E-state index in [1.165, 1.54) is 0 Å². The molecule has 0 bridgehead atoms. The van der Waals surface area contributed by atoms with E-state index < -0.39 is 5.60 Å². The third kappa shape index (κ3) is 3.57. The molecular formula is C16H17ClN6O2. The van der Waals surface area contributed by atoms with Crippen LogP contribution in [0.15, 0.2) is 16.4 Å². The van der Waals surface area contributed by atoms with Gasteiger partial charge in [0, 0.05) is 12.6 Å². The summed E-state index contributed by atoms with van der Waals surface area (Å²) >= 11 is 6.14. The van der Waals surface area contributed by atoms with Crippen LogP contribution in [0, 0.1) is 11.8 Å². The van der Waals surface area contributed by atoms with Gasteiger partial charge in [-0.15, -0.1) is 0 Å². The molecule has 1 aliphatic rings. The largest absolute Gasteiger partial charge is 0.384 e. The second-order valence-corrected chi connectivity index (χ2v) is 6.42. The molecule has 0 unspecified atom stereocenters. The average Bonchev–Trinajstić information content (AvgIpc) is 2.90. The summed E-state index contributed by atoms with van der Waals surface area (Å²) in [5.74, 6) is 6.49. The number of nitrogens with zero attached hydrogens (tertiary/aromatic N) is 5. The zero-order chi connectivity index (χ0) is 18.2. The number of oxime groups is 2. The second-order valence-electron chi connectivity index (χ2n) is 6.03. The van der Waals surface area contributed by atoms with Crippen LogP contribution in [-0.4, -0.2) is 36.8 Å². The van der Waals surface area contributed by atoms with Gasteiger partial charge >= 0.3 is 0 Å². The Bertz CT molecular complexity index is 959. The zero-order valence-electron chi connectivity index (χ0n) is 14.0. The minimum absolute atomic E-state index is 0.289. The summed E-state index contributed by atoms with van der Waals surface area (Å²) in [6, 6.07) is 1.72. The quantitative estimate of drug-likeness (QED) is 0.624. The van der Waals surface area contributed by atoms with E-state index in [-0.39, 0.29) is 5.15 Å². The van der Waals surface area contributed by atoms with Crippen LogP contribution >= 0.6 is 11.6 Å². The van der Waals surface area contributed by atoms with Crippen LogP contribution in [-0.2, 0) is 11.5 Å². The predicted octanol–water partition coefficient (Wildman–Crippen LogP) is 1.62. The van der Waals surface area contributed by atoms with Gasteiger partial charge < -0.3 is 15.4 Å². The van der Waals surface area contributed by atoms with Crippen molar-refractivity contribution in [2.75, 3.05) is 0 Å². The normalized spacial score (nSPS) is 14.4. The molecule has 2 aromatic rings. The molecule has 0 spiro atoms. The lowest BCUT2D eigenvalue weighted by molar-refractivity contribution is 0.143. The number of imidazole rings is 1. The van der Waals surface area contributed by atoms with Crippen molar-refractivity contribution in [1.29, 1.82) is 0 Å². The van der Waals surface area contributed by atoms with E-state index in [0.29, 0.717) is 41.5 Å². The maximum absolute atomic E-state index is 9.84. The molecule has 2 aromatic heterocycles. The molecular weight excluding hydrogens is 344 g/mol. The molecule has 9 heteroatoms. The van der Waals surface area contributed by atoms with Crippen molar-refractivity contribution in [3.05, 3.63) is 22.7 Å². The molecule has 0 saturated carbocycles. The molecule has 0 radical (unpaired) electrons. The van der Waals surface area contributed by atoms with E-state index in [9.17, 15) is 5.11 Å². The summed E-state index contributed by atoms with van der Waals surface area (Å²) in [6.45, 7) is 5.78. The van der Waals surface area contributed by atoms with Gasteiger partial charge in [0.25, 0.3) is 0 Å². The first kappa shape index (κ1) is 17.2. The smallest absolute Gasteiger partial charge is 0.159 e. The van der Waals surface area contributed by atoms with E-state index >= 15 is 0 Å². The molecule has 0 aliphatic carbocycles. The Morgan fingerprint density at radius 3 is 2.80 bits per heavy atom. The number of pyridine rings is 1. The number of fused-ring (bicyclic) bond motifs is 1. The summed E-state index contributed by atoms with van der Waals surface area (Å²) in [4.78, 5) is 13.6. The minimum Gasteiger partial charge on any atom is -0.384 e. The van der Waals surface area contributed by atoms with E-state index in [0.717, 1.165) is 5.52 Å². The summed E-state index contributed by atoms with van der Waals surface area (Å²) in [7, 11) is 0. The molecule has 8 nitrogen and oxygen atoms in total. The van der Waals surface area contributed by atoms with Crippen LogP contribution in [0.3, 0.4) is 0 Å². The molecule has 0 saturated heterocycles. The monoisotopic (exact) mass is 360 g/mol. The molecule has 130 valence electrons. The predicted molar refractivity (Wildman–Crippen MR) is 95.2 cm³/mol. The topological polar surface area (TPSA) is 111 Å². The zero-order valence-corrected chi connectivity index (χ0v) is 14.8. The van der Waals surface area contributed by atoms with Crippen molar-refractivity contribution >= 4 is 34.2 Å². The third-order valence-corrected chi connectivity index (χ3v) is 3.62. The third-order valence-electron chi connectivity index (χ3n) is 3.42. The summed E-state index contributed by atoms with van der Waals surface area (Å²) in [5, 5.41) is 17.6. The standard InChI is InChI=1S/C16H17ClN6O2/c1-4-23-11-8-12(17)19-9(5-6-16(2,3)24)14(11)20-15(23)10-7-13(18)22-25-21-10/h8,24H,4,7H2,1-3H3,(H2,18,22). The van der Waals surface area contributed by atoms with Gasteiger partial charge in [0.1, 0.15) is 33.5 Å². The number of aryl methyl sites for hydroxylation is 1. The van der Waals surface area contributed by atoms with Gasteiger partial charge in [-0.05, 0) is 31.8 Å². The Balaban J connectivity index is 2.21. The van der Waals surface area contributed by atoms with Crippen LogP contribution in [0.25, 0.3) is 11.0 Å². The molecule has 3 N–H and O–H groups in total. The highest BCUT2D eigenvalue weighted by Crippen LogP contribution is 2.24. The molecule has 3 heterocycles. The van der Waals surface area contributed by atoms with Gasteiger partial charge in [-0.3, -0.25) is 0 Å². The fourth-order valence-corrected chi connectivity index (χ4v) is 2.60. The number of halogens is 1. The fraction of sp³-hybridized carbons (Fsp3) is 0.375. The molecule has 25 heavy (non-hydrogen) atoms. The van der Waals surface area contributed by atoms with Gasteiger partial charge in [-0.25, -0.2) is 14.9 Å². The first-order valence-electron chi connectivity index (χ1n) is 7.66. The molecule has 0 atom stereocenters. The number of amidine groups is 1. The van der Waals surface area contributed by atoms with Gasteiger partial charge in [-0.1, -0.05) is 22.7 Å². The van der Waals surface area contributed by atoms with E-state index in [4.69, 9.17) is 22.3 Å². The SMILES string of the molecule is CCn1c(C2=NON=C(N)C2)nc2c(C#CC(C)(C)O)nc(Cl)cc21. The lowest BCUT2D eigenvalue weighted by Gasteiger charge is -2.10. The fourth-order valence-electron chi connectivity index (χ4n) is 2.41. The Hall–Kier alpha value is -2.63. The van der Waals surface area contributed by atoms with Crippen LogP contribution < -0.4 is 5.73 Å². The number of rotatable bonds is 2. The Labute approximate surface area is 149 Å². The highest BCUT2D eigenvalue weighted by molar-refractivity contribution is 6.30. The van der Waals surface area contributed by atoms with Crippen molar-refractivity contribution in [1.82, 2.24) is 14.5 Å². The Kier molecular flexibility index (Phi) is 4.37. The number of hydrogen-bond acceptors (Lipinski definition) is 7. The number of aliphatic hydroxyl groups is 1. The number of hydrogen-bond donors (Lipinski definition) is 2. The lowest BCUT2D eigenvalue weighted by Crippen LogP contribution is -2.23. The first-order chi connectivity index (χ1) is 11.8. The summed E-state index contributed by atoms with van der Waals surface area (Å²) in [6.07, 6.45) is 0.329. The summed E-state index contributed by atoms with van der Waals surface area (Å²) < 4.78 is 1.93. The minimum atomic E-state index is -1.15. The van der Waals surface area contributed by atoms with Gasteiger partial charge in [0.2, 0.25) is 0 Å². The molecule has 3 rings (SSSR count). The number of aromatic nitrogens is 3. The summed E-state index contributed by atoms with van der Waals surface area (Å²) in [5.41, 5.74) is 6.85. The first-order valence-corrected chi connectivity index (χ1v) is 8.04. The highest BCUT2D eigenvalue weighted by atomic mass is 35.5. The van der Waals surface area contributed by atoms with Crippen molar-refractivity contribution < 1.29 is 10.0 Å². The lowest BCUT2D eigenvalue weighted by atomic mass is 10.1. The van der Waals surface area contributed by atoms with Gasteiger partial charge in [0.05, 0.1) is 11.9 Å². The Morgan fingerprint density at radius 1 is 1.40 bits per heavy atom. The van der Waals surface area contributed by atoms with Crippen molar-refractivity contribution in [2.24, 2.45) is 16.0 Å². The van der Waals surface area contributed by atoms with Gasteiger partial charge in [-0.2, -0.15) is 0 Å². The Morgan fingerprint density at radius 2 is 2.16 bits per heavy atom. The maximum atomic E-state index is 9.84. The van der Waals surface area contributed by atoms with Crippen LogP contribution in [0.4, 0.5) is 0 Å².